The second-order valence-corrected chi connectivity index (χ2v) is 4.80. The van der Waals surface area contributed by atoms with E-state index < -0.39 is 0 Å². The van der Waals surface area contributed by atoms with Gasteiger partial charge in [-0.15, -0.1) is 0 Å². The van der Waals surface area contributed by atoms with E-state index in [0.29, 0.717) is 5.69 Å². The molecule has 0 fully saturated rings. The van der Waals surface area contributed by atoms with Gasteiger partial charge in [-0.2, -0.15) is 0 Å². The van der Waals surface area contributed by atoms with Crippen LogP contribution in [0.1, 0.15) is 40.3 Å². The maximum atomic E-state index is 12.1. The van der Waals surface area contributed by atoms with E-state index in [1.807, 2.05) is 0 Å². The van der Waals surface area contributed by atoms with Crippen LogP contribution >= 0.6 is 0 Å². The monoisotopic (exact) mass is 273 g/mol. The predicted molar refractivity (Wildman–Crippen MR) is 70.2 cm³/mol. The average Bonchev–Trinajstić information content (AvgIpc) is 2.90. The summed E-state index contributed by atoms with van der Waals surface area (Å²) in [4.78, 5) is 16.1. The number of nitrogens with zero attached hydrogens (tertiary/aromatic N) is 2. The molecule has 2 aromatic rings. The van der Waals surface area contributed by atoms with Gasteiger partial charge in [-0.1, -0.05) is 5.16 Å². The Bertz CT molecular complexity index is 636. The summed E-state index contributed by atoms with van der Waals surface area (Å²) >= 11 is 0. The first-order chi connectivity index (χ1) is 9.75. The summed E-state index contributed by atoms with van der Waals surface area (Å²) in [7, 11) is 0. The highest BCUT2D eigenvalue weighted by molar-refractivity contribution is 5.93. The molecule has 0 radical (unpaired) electrons. The highest BCUT2D eigenvalue weighted by Gasteiger charge is 2.24. The first-order valence-corrected chi connectivity index (χ1v) is 6.64. The fraction of sp³-hybridized carbons (Fsp3) is 0.357. The highest BCUT2D eigenvalue weighted by Crippen LogP contribution is 2.23. The summed E-state index contributed by atoms with van der Waals surface area (Å²) in [5.74, 6) is 0.0354. The molecule has 6 nitrogen and oxygen atoms in total. The molecule has 104 valence electrons. The molecule has 0 saturated carbocycles. The van der Waals surface area contributed by atoms with Gasteiger partial charge in [0.2, 0.25) is 5.76 Å². The number of nitrogens with one attached hydrogen (secondary N) is 1. The molecule has 0 atom stereocenters. The highest BCUT2D eigenvalue weighted by atomic mass is 16.5. The minimum atomic E-state index is -0.314. The molecule has 0 aromatic carbocycles. The van der Waals surface area contributed by atoms with Gasteiger partial charge in [0.25, 0.3) is 5.91 Å². The average molecular weight is 273 g/mol. The number of hydrogen-bond donors (Lipinski definition) is 2. The molecule has 1 aliphatic carbocycles. The van der Waals surface area contributed by atoms with Crippen molar-refractivity contribution in [3.63, 3.8) is 0 Å². The molecule has 1 amide bonds. The van der Waals surface area contributed by atoms with Crippen molar-refractivity contribution in [3.05, 3.63) is 41.0 Å². The Kier molecular flexibility index (Phi) is 3.37. The molecule has 0 unspecified atom stereocenters. The quantitative estimate of drug-likeness (QED) is 0.886. The lowest BCUT2D eigenvalue weighted by Crippen LogP contribution is -2.24. The SMILES string of the molecule is O=C(NCc1ncccc1O)c1onc2c1CCCC2. The third-order valence-corrected chi connectivity index (χ3v) is 3.45. The molecular weight excluding hydrogens is 258 g/mol. The first kappa shape index (κ1) is 12.7. The van der Waals surface area contributed by atoms with Gasteiger partial charge in [0, 0.05) is 11.8 Å². The van der Waals surface area contributed by atoms with E-state index in [1.54, 1.807) is 12.3 Å². The Morgan fingerprint density at radius 2 is 2.25 bits per heavy atom. The Balaban J connectivity index is 1.71. The van der Waals surface area contributed by atoms with Gasteiger partial charge in [0.15, 0.2) is 0 Å². The topological polar surface area (TPSA) is 88.2 Å². The van der Waals surface area contributed by atoms with Crippen molar-refractivity contribution in [3.8, 4) is 5.75 Å². The summed E-state index contributed by atoms with van der Waals surface area (Å²) < 4.78 is 5.15. The van der Waals surface area contributed by atoms with E-state index in [2.05, 4.69) is 15.5 Å². The molecule has 2 aromatic heterocycles. The molecule has 0 aliphatic heterocycles. The van der Waals surface area contributed by atoms with Crippen LogP contribution in [0.15, 0.2) is 22.9 Å². The second kappa shape index (κ2) is 5.32. The zero-order valence-electron chi connectivity index (χ0n) is 10.9. The lowest BCUT2D eigenvalue weighted by atomic mass is 9.96. The van der Waals surface area contributed by atoms with Gasteiger partial charge in [0.05, 0.1) is 12.2 Å². The Labute approximate surface area is 115 Å². The van der Waals surface area contributed by atoms with Crippen molar-refractivity contribution in [2.45, 2.75) is 32.2 Å². The molecular formula is C14H15N3O3. The molecule has 3 rings (SSSR count). The van der Waals surface area contributed by atoms with Gasteiger partial charge in [-0.25, -0.2) is 0 Å². The van der Waals surface area contributed by atoms with Crippen LogP contribution in [0.2, 0.25) is 0 Å². The van der Waals surface area contributed by atoms with Gasteiger partial charge >= 0.3 is 0 Å². The van der Waals surface area contributed by atoms with E-state index in [9.17, 15) is 9.90 Å². The molecule has 0 saturated heterocycles. The zero-order chi connectivity index (χ0) is 13.9. The molecule has 2 N–H and O–H groups in total. The summed E-state index contributed by atoms with van der Waals surface area (Å²) in [6.07, 6.45) is 5.40. The number of carbonyl (C=O) groups excluding carboxylic acids is 1. The number of aromatic nitrogens is 2. The Morgan fingerprint density at radius 3 is 3.10 bits per heavy atom. The van der Waals surface area contributed by atoms with Gasteiger partial charge < -0.3 is 14.9 Å². The van der Waals surface area contributed by atoms with Gasteiger partial charge in [-0.05, 0) is 37.8 Å². The van der Waals surface area contributed by atoms with Crippen molar-refractivity contribution < 1.29 is 14.4 Å². The van der Waals surface area contributed by atoms with Crippen LogP contribution in [0.25, 0.3) is 0 Å². The summed E-state index contributed by atoms with van der Waals surface area (Å²) in [5.41, 5.74) is 2.23. The van der Waals surface area contributed by atoms with E-state index in [0.717, 1.165) is 36.9 Å². The summed E-state index contributed by atoms with van der Waals surface area (Å²) in [5, 5.41) is 16.2. The minimum absolute atomic E-state index is 0.0624. The van der Waals surface area contributed by atoms with Crippen LogP contribution < -0.4 is 5.32 Å². The third-order valence-electron chi connectivity index (χ3n) is 3.45. The Morgan fingerprint density at radius 1 is 1.40 bits per heavy atom. The zero-order valence-corrected chi connectivity index (χ0v) is 10.9. The van der Waals surface area contributed by atoms with Crippen LogP contribution in [-0.4, -0.2) is 21.2 Å². The van der Waals surface area contributed by atoms with E-state index in [-0.39, 0.29) is 24.0 Å². The van der Waals surface area contributed by atoms with E-state index >= 15 is 0 Å². The largest absolute Gasteiger partial charge is 0.506 e. The van der Waals surface area contributed by atoms with Crippen molar-refractivity contribution in [2.24, 2.45) is 0 Å². The van der Waals surface area contributed by atoms with Crippen molar-refractivity contribution in [2.75, 3.05) is 0 Å². The second-order valence-electron chi connectivity index (χ2n) is 4.80. The van der Waals surface area contributed by atoms with E-state index in [4.69, 9.17) is 4.52 Å². The molecule has 0 bridgehead atoms. The minimum Gasteiger partial charge on any atom is -0.506 e. The molecule has 2 heterocycles. The van der Waals surface area contributed by atoms with E-state index in [1.165, 1.54) is 6.07 Å². The Hall–Kier alpha value is -2.37. The molecule has 1 aliphatic rings. The first-order valence-electron chi connectivity index (χ1n) is 6.64. The number of hydrogen-bond acceptors (Lipinski definition) is 5. The lowest BCUT2D eigenvalue weighted by molar-refractivity contribution is 0.0912. The summed E-state index contributed by atoms with van der Waals surface area (Å²) in [6, 6.07) is 3.16. The van der Waals surface area contributed by atoms with Crippen LogP contribution in [0.4, 0.5) is 0 Å². The maximum Gasteiger partial charge on any atom is 0.290 e. The van der Waals surface area contributed by atoms with Crippen molar-refractivity contribution in [1.29, 1.82) is 0 Å². The number of aromatic hydroxyl groups is 1. The van der Waals surface area contributed by atoms with Crippen LogP contribution in [0.3, 0.4) is 0 Å². The van der Waals surface area contributed by atoms with Gasteiger partial charge in [0.1, 0.15) is 11.4 Å². The summed E-state index contributed by atoms with van der Waals surface area (Å²) in [6.45, 7) is 0.154. The molecule has 20 heavy (non-hydrogen) atoms. The maximum absolute atomic E-state index is 12.1. The van der Waals surface area contributed by atoms with Crippen molar-refractivity contribution >= 4 is 5.91 Å². The smallest absolute Gasteiger partial charge is 0.290 e. The van der Waals surface area contributed by atoms with Crippen LogP contribution in [-0.2, 0) is 19.4 Å². The number of amides is 1. The molecule has 0 spiro atoms. The fourth-order valence-corrected chi connectivity index (χ4v) is 2.38. The molecule has 6 heteroatoms. The number of fused-ring (bicyclic) bond motifs is 1. The lowest BCUT2D eigenvalue weighted by Gasteiger charge is -2.09. The predicted octanol–water partition coefficient (Wildman–Crippen LogP) is 1.58. The number of rotatable bonds is 3. The standard InChI is InChI=1S/C14H15N3O3/c18-12-6-3-7-15-11(12)8-16-14(19)13-9-4-1-2-5-10(9)17-20-13/h3,6-7,18H,1-2,4-5,8H2,(H,16,19). The third kappa shape index (κ3) is 2.36. The number of carbonyl (C=O) groups is 1. The van der Waals surface area contributed by atoms with Gasteiger partial charge in [-0.3, -0.25) is 9.78 Å². The number of aryl methyl sites for hydroxylation is 1. The normalized spacial score (nSPS) is 13.8. The van der Waals surface area contributed by atoms with Crippen LogP contribution in [0.5, 0.6) is 5.75 Å². The van der Waals surface area contributed by atoms with Crippen molar-refractivity contribution in [1.82, 2.24) is 15.5 Å². The van der Waals surface area contributed by atoms with Crippen LogP contribution in [0, 0.1) is 0 Å². The fourth-order valence-electron chi connectivity index (χ4n) is 2.38. The number of pyridine rings is 1.